The minimum atomic E-state index is -1.13. The minimum absolute atomic E-state index is 0.104. The number of carboxylic acid groups (broad SMARTS) is 1. The molecule has 2 aliphatic heterocycles. The molecule has 2 N–H and O–H groups in total. The summed E-state index contributed by atoms with van der Waals surface area (Å²) in [5, 5.41) is 10.8. The van der Waals surface area contributed by atoms with Gasteiger partial charge < -0.3 is 9.84 Å². The molecule has 2 atom stereocenters. The number of nitrogens with zero attached hydrogens (tertiary/aromatic N) is 3. The van der Waals surface area contributed by atoms with E-state index < -0.39 is 23.8 Å². The third-order valence-corrected chi connectivity index (χ3v) is 6.85. The van der Waals surface area contributed by atoms with E-state index in [9.17, 15) is 19.5 Å². The first-order chi connectivity index (χ1) is 17.4. The van der Waals surface area contributed by atoms with Crippen LogP contribution in [-0.2, 0) is 19.1 Å². The van der Waals surface area contributed by atoms with Gasteiger partial charge >= 0.3 is 5.97 Å². The van der Waals surface area contributed by atoms with E-state index in [4.69, 9.17) is 16.3 Å². The van der Waals surface area contributed by atoms with Gasteiger partial charge in [0.05, 0.1) is 12.6 Å². The zero-order chi connectivity index (χ0) is 25.5. The van der Waals surface area contributed by atoms with Gasteiger partial charge in [0.2, 0.25) is 5.91 Å². The first kappa shape index (κ1) is 26.1. The highest BCUT2D eigenvalue weighted by molar-refractivity contribution is 6.30. The van der Waals surface area contributed by atoms with Crippen LogP contribution < -0.4 is 5.43 Å². The third kappa shape index (κ3) is 6.61. The van der Waals surface area contributed by atoms with E-state index in [-0.39, 0.29) is 25.5 Å². The van der Waals surface area contributed by atoms with Crippen LogP contribution in [0.15, 0.2) is 54.6 Å². The number of piperazine rings is 1. The molecule has 36 heavy (non-hydrogen) atoms. The summed E-state index contributed by atoms with van der Waals surface area (Å²) >= 11 is 6.12. The Labute approximate surface area is 215 Å². The number of rotatable bonds is 10. The Balaban J connectivity index is 1.22. The summed E-state index contributed by atoms with van der Waals surface area (Å²) in [4.78, 5) is 39.9. The summed E-state index contributed by atoms with van der Waals surface area (Å²) in [6.07, 6.45) is 0.289. The van der Waals surface area contributed by atoms with Crippen molar-refractivity contribution in [3.63, 3.8) is 0 Å². The fourth-order valence-electron chi connectivity index (χ4n) is 4.72. The highest BCUT2D eigenvalue weighted by atomic mass is 35.5. The van der Waals surface area contributed by atoms with Crippen molar-refractivity contribution in [1.29, 1.82) is 0 Å². The molecule has 0 radical (unpaired) electrons. The number of benzene rings is 2. The van der Waals surface area contributed by atoms with Gasteiger partial charge in [-0.2, -0.15) is 0 Å². The molecule has 0 spiro atoms. The van der Waals surface area contributed by atoms with Crippen LogP contribution in [0.4, 0.5) is 0 Å². The van der Waals surface area contributed by atoms with Crippen LogP contribution in [0.2, 0.25) is 5.02 Å². The quantitative estimate of drug-likeness (QED) is 0.468. The Hall–Kier alpha value is -2.98. The summed E-state index contributed by atoms with van der Waals surface area (Å²) in [5.74, 6) is -2.07. The zero-order valence-electron chi connectivity index (χ0n) is 20.0. The second-order valence-corrected chi connectivity index (χ2v) is 9.42. The van der Waals surface area contributed by atoms with Gasteiger partial charge in [0.25, 0.3) is 5.91 Å². The summed E-state index contributed by atoms with van der Waals surface area (Å²) in [6, 6.07) is 17.6. The number of carbonyl (C=O) groups excluding carboxylic acids is 2. The van der Waals surface area contributed by atoms with Crippen molar-refractivity contribution in [3.05, 3.63) is 70.7 Å². The molecule has 0 saturated carbocycles. The monoisotopic (exact) mass is 514 g/mol. The molecule has 2 aromatic carbocycles. The topological polar surface area (TPSA) is 102 Å². The predicted octanol–water partition coefficient (Wildman–Crippen LogP) is 2.17. The number of ether oxygens (including phenoxy) is 1. The molecule has 9 nitrogen and oxygen atoms in total. The number of amides is 2. The van der Waals surface area contributed by atoms with Crippen LogP contribution in [0, 0.1) is 0 Å². The fourth-order valence-corrected chi connectivity index (χ4v) is 4.85. The molecule has 0 aromatic heterocycles. The van der Waals surface area contributed by atoms with E-state index in [0.717, 1.165) is 36.2 Å². The van der Waals surface area contributed by atoms with E-state index in [2.05, 4.69) is 51.6 Å². The molecule has 2 amide bonds. The Morgan fingerprint density at radius 3 is 2.36 bits per heavy atom. The molecule has 0 unspecified atom stereocenters. The maximum atomic E-state index is 12.1. The van der Waals surface area contributed by atoms with Crippen LogP contribution in [-0.4, -0.2) is 89.7 Å². The van der Waals surface area contributed by atoms with E-state index in [0.29, 0.717) is 13.2 Å². The maximum absolute atomic E-state index is 12.1. The number of carboxylic acids is 1. The molecule has 2 heterocycles. The van der Waals surface area contributed by atoms with Crippen LogP contribution in [0.25, 0.3) is 0 Å². The summed E-state index contributed by atoms with van der Waals surface area (Å²) in [6.45, 7) is 4.32. The van der Waals surface area contributed by atoms with Crippen molar-refractivity contribution in [2.45, 2.75) is 24.9 Å². The van der Waals surface area contributed by atoms with Crippen molar-refractivity contribution in [3.8, 4) is 0 Å². The van der Waals surface area contributed by atoms with Crippen molar-refractivity contribution in [1.82, 2.24) is 20.2 Å². The largest absolute Gasteiger partial charge is 0.480 e. The normalized spacial score (nSPS) is 19.9. The molecule has 2 aromatic rings. The highest BCUT2D eigenvalue weighted by Gasteiger charge is 2.37. The molecule has 0 aliphatic carbocycles. The number of hydrogen-bond donors (Lipinski definition) is 2. The van der Waals surface area contributed by atoms with Crippen molar-refractivity contribution >= 4 is 29.4 Å². The molecule has 192 valence electrons. The lowest BCUT2D eigenvalue weighted by Crippen LogP contribution is -2.51. The van der Waals surface area contributed by atoms with Crippen molar-refractivity contribution < 1.29 is 24.2 Å². The minimum Gasteiger partial charge on any atom is -0.480 e. The maximum Gasteiger partial charge on any atom is 0.328 e. The summed E-state index contributed by atoms with van der Waals surface area (Å²) in [7, 11) is 0. The SMILES string of the molecule is O=C(COCCN1CCN([C@H](c2ccccc2)c2ccc(Cl)cc2)CC1)NN1C(=O)CC[C@H]1C(=O)O. The Kier molecular flexibility index (Phi) is 8.93. The lowest BCUT2D eigenvalue weighted by Gasteiger charge is -2.39. The van der Waals surface area contributed by atoms with Gasteiger partial charge in [0.1, 0.15) is 6.61 Å². The number of nitrogens with one attached hydrogen (secondary N) is 1. The number of carbonyl (C=O) groups is 3. The van der Waals surface area contributed by atoms with Gasteiger partial charge in [-0.3, -0.25) is 24.8 Å². The molecule has 2 aliphatic rings. The van der Waals surface area contributed by atoms with E-state index in [1.54, 1.807) is 0 Å². The van der Waals surface area contributed by atoms with Gasteiger partial charge in [0.15, 0.2) is 6.04 Å². The van der Waals surface area contributed by atoms with E-state index >= 15 is 0 Å². The number of halogens is 1. The molecule has 4 rings (SSSR count). The lowest BCUT2D eigenvalue weighted by atomic mass is 9.96. The Morgan fingerprint density at radius 1 is 1.03 bits per heavy atom. The molecule has 2 fully saturated rings. The van der Waals surface area contributed by atoms with Crippen LogP contribution >= 0.6 is 11.6 Å². The molecule has 10 heteroatoms. The van der Waals surface area contributed by atoms with Crippen molar-refractivity contribution in [2.24, 2.45) is 0 Å². The number of hydrazine groups is 1. The van der Waals surface area contributed by atoms with Crippen LogP contribution in [0.5, 0.6) is 0 Å². The third-order valence-electron chi connectivity index (χ3n) is 6.60. The standard InChI is InChI=1S/C26H31ClN4O5/c27-21-8-6-20(7-9-21)25(19-4-2-1-3-5-19)30-14-12-29(13-15-30)16-17-36-18-23(32)28-31-22(26(34)35)10-11-24(31)33/h1-9,22,25H,10-18H2,(H,28,32)(H,34,35)/t22-,25+/m0/s1. The Bertz CT molecular complexity index is 1040. The summed E-state index contributed by atoms with van der Waals surface area (Å²) < 4.78 is 5.50. The first-order valence-electron chi connectivity index (χ1n) is 12.1. The summed E-state index contributed by atoms with van der Waals surface area (Å²) in [5.41, 5.74) is 4.81. The molecular weight excluding hydrogens is 484 g/mol. The fraction of sp³-hybridized carbons (Fsp3) is 0.423. The number of aliphatic carboxylic acids is 1. The van der Waals surface area contributed by atoms with Crippen LogP contribution in [0.3, 0.4) is 0 Å². The van der Waals surface area contributed by atoms with Gasteiger partial charge in [0, 0.05) is 44.2 Å². The Morgan fingerprint density at radius 2 is 1.69 bits per heavy atom. The smallest absolute Gasteiger partial charge is 0.328 e. The van der Waals surface area contributed by atoms with Crippen molar-refractivity contribution in [2.75, 3.05) is 45.9 Å². The molecule has 2 saturated heterocycles. The zero-order valence-corrected chi connectivity index (χ0v) is 20.8. The van der Waals surface area contributed by atoms with Crippen LogP contribution in [0.1, 0.15) is 30.0 Å². The second-order valence-electron chi connectivity index (χ2n) is 8.99. The van der Waals surface area contributed by atoms with E-state index in [1.807, 2.05) is 18.2 Å². The van der Waals surface area contributed by atoms with E-state index in [1.165, 1.54) is 11.1 Å². The second kappa shape index (κ2) is 12.3. The van der Waals surface area contributed by atoms with Gasteiger partial charge in [-0.25, -0.2) is 9.80 Å². The van der Waals surface area contributed by atoms with Gasteiger partial charge in [-0.15, -0.1) is 0 Å². The lowest BCUT2D eigenvalue weighted by molar-refractivity contribution is -0.152. The predicted molar refractivity (Wildman–Crippen MR) is 134 cm³/mol. The van der Waals surface area contributed by atoms with Gasteiger partial charge in [-0.1, -0.05) is 54.1 Å². The molecule has 0 bridgehead atoms. The first-order valence-corrected chi connectivity index (χ1v) is 12.5. The highest BCUT2D eigenvalue weighted by Crippen LogP contribution is 2.30. The average molecular weight is 515 g/mol. The average Bonchev–Trinajstić information content (AvgIpc) is 3.25. The molecular formula is C26H31ClN4O5. The number of hydrogen-bond acceptors (Lipinski definition) is 6. The van der Waals surface area contributed by atoms with Gasteiger partial charge in [-0.05, 0) is 29.7 Å².